The highest BCUT2D eigenvalue weighted by molar-refractivity contribution is 5.77. The van der Waals surface area contributed by atoms with Crippen molar-refractivity contribution < 1.29 is 14.3 Å². The Kier molecular flexibility index (Phi) is 7.59. The van der Waals surface area contributed by atoms with Gasteiger partial charge < -0.3 is 19.9 Å². The molecule has 10 nitrogen and oxygen atoms in total. The Morgan fingerprint density at radius 2 is 1.80 bits per heavy atom. The van der Waals surface area contributed by atoms with Crippen LogP contribution >= 0.6 is 0 Å². The van der Waals surface area contributed by atoms with Crippen molar-refractivity contribution in [3.8, 4) is 0 Å². The Morgan fingerprint density at radius 1 is 1.06 bits per heavy atom. The van der Waals surface area contributed by atoms with Gasteiger partial charge in [-0.2, -0.15) is 0 Å². The molecule has 0 unspecified atom stereocenters. The molecule has 184 valence electrons. The number of carbonyl (C=O) groups is 2. The quantitative estimate of drug-likeness (QED) is 0.519. The third-order valence-electron chi connectivity index (χ3n) is 6.04. The zero-order valence-electron chi connectivity index (χ0n) is 20.0. The highest BCUT2D eigenvalue weighted by Gasteiger charge is 2.27. The number of nitrogens with zero attached hydrogens (tertiary/aromatic N) is 5. The van der Waals surface area contributed by atoms with Crippen LogP contribution in [0.4, 0.5) is 10.6 Å². The third kappa shape index (κ3) is 5.42. The molecule has 1 aliphatic rings. The van der Waals surface area contributed by atoms with Crippen molar-refractivity contribution in [1.82, 2.24) is 24.8 Å². The van der Waals surface area contributed by atoms with E-state index in [9.17, 15) is 14.4 Å². The fourth-order valence-electron chi connectivity index (χ4n) is 4.25. The molecule has 0 saturated carbocycles. The van der Waals surface area contributed by atoms with Gasteiger partial charge in [0.2, 0.25) is 0 Å². The molecule has 35 heavy (non-hydrogen) atoms. The van der Waals surface area contributed by atoms with Gasteiger partial charge in [0.25, 0.3) is 5.56 Å². The Balaban J connectivity index is 1.45. The van der Waals surface area contributed by atoms with Crippen molar-refractivity contribution in [2.75, 3.05) is 37.7 Å². The Bertz CT molecular complexity index is 1240. The molecule has 1 aromatic carbocycles. The number of aryl methyl sites for hydroxylation is 1. The lowest BCUT2D eigenvalue weighted by Crippen LogP contribution is -2.53. The minimum Gasteiger partial charge on any atom is -0.466 e. The summed E-state index contributed by atoms with van der Waals surface area (Å²) in [5.41, 5.74) is 1.88. The lowest BCUT2D eigenvalue weighted by molar-refractivity contribution is -0.143. The van der Waals surface area contributed by atoms with Crippen LogP contribution in [-0.2, 0) is 16.1 Å². The number of piperazine rings is 1. The van der Waals surface area contributed by atoms with Crippen LogP contribution in [0.3, 0.4) is 0 Å². The number of pyridine rings is 1. The summed E-state index contributed by atoms with van der Waals surface area (Å²) in [5.74, 6) is 0.00688. The van der Waals surface area contributed by atoms with Crippen molar-refractivity contribution in [3.63, 3.8) is 0 Å². The summed E-state index contributed by atoms with van der Waals surface area (Å²) in [7, 11) is 0. The van der Waals surface area contributed by atoms with Crippen molar-refractivity contribution in [1.29, 1.82) is 0 Å². The minimum atomic E-state index is -0.493. The van der Waals surface area contributed by atoms with E-state index in [1.807, 2.05) is 48.2 Å². The van der Waals surface area contributed by atoms with E-state index in [1.165, 1.54) is 0 Å². The normalized spacial score (nSPS) is 14.6. The zero-order valence-corrected chi connectivity index (χ0v) is 20.0. The summed E-state index contributed by atoms with van der Waals surface area (Å²) in [5, 5.41) is 2.98. The van der Waals surface area contributed by atoms with Crippen LogP contribution in [0.15, 0.2) is 53.5 Å². The number of nitrogens with one attached hydrogen (secondary N) is 1. The predicted molar refractivity (Wildman–Crippen MR) is 132 cm³/mol. The highest BCUT2D eigenvalue weighted by atomic mass is 16.5. The number of urea groups is 1. The standard InChI is InChI=1S/C25H30N6O4/c1-3-31-22-19(11-8-12-26-22)27-23(24(31)33)29-13-15-30(16-14-29)25(34)28-20(17-21(32)35-4-2)18-9-6-5-7-10-18/h5-12,20H,3-4,13-17H2,1-2H3,(H,28,34)/t20-/m1/s1. The summed E-state index contributed by atoms with van der Waals surface area (Å²) in [6.07, 6.45) is 1.70. The number of ether oxygens (including phenoxy) is 1. The molecule has 1 atom stereocenters. The average molecular weight is 479 g/mol. The lowest BCUT2D eigenvalue weighted by atomic mass is 10.0. The molecule has 1 saturated heterocycles. The van der Waals surface area contributed by atoms with Crippen molar-refractivity contribution in [3.05, 3.63) is 64.6 Å². The maximum Gasteiger partial charge on any atom is 0.318 e. The van der Waals surface area contributed by atoms with Gasteiger partial charge in [-0.05, 0) is 31.5 Å². The number of fused-ring (bicyclic) bond motifs is 1. The monoisotopic (exact) mass is 478 g/mol. The van der Waals surface area contributed by atoms with Crippen LogP contribution < -0.4 is 15.8 Å². The molecule has 0 aliphatic carbocycles. The van der Waals surface area contributed by atoms with Gasteiger partial charge in [-0.1, -0.05) is 30.3 Å². The van der Waals surface area contributed by atoms with Gasteiger partial charge >= 0.3 is 12.0 Å². The van der Waals surface area contributed by atoms with E-state index in [2.05, 4.69) is 15.3 Å². The fraction of sp³-hybridized carbons (Fsp3) is 0.400. The largest absolute Gasteiger partial charge is 0.466 e. The molecule has 2 aromatic heterocycles. The second-order valence-corrected chi connectivity index (χ2v) is 8.23. The van der Waals surface area contributed by atoms with E-state index < -0.39 is 6.04 Å². The van der Waals surface area contributed by atoms with Gasteiger partial charge in [0, 0.05) is 38.9 Å². The maximum atomic E-state index is 13.1. The number of benzene rings is 1. The Morgan fingerprint density at radius 3 is 2.49 bits per heavy atom. The summed E-state index contributed by atoms with van der Waals surface area (Å²) >= 11 is 0. The molecule has 0 radical (unpaired) electrons. The van der Waals surface area contributed by atoms with Crippen LogP contribution in [0.1, 0.15) is 31.9 Å². The van der Waals surface area contributed by atoms with Gasteiger partial charge in [-0.15, -0.1) is 0 Å². The van der Waals surface area contributed by atoms with Crippen LogP contribution in [0.5, 0.6) is 0 Å². The highest BCUT2D eigenvalue weighted by Crippen LogP contribution is 2.19. The number of anilines is 1. The molecular formula is C25H30N6O4. The summed E-state index contributed by atoms with van der Waals surface area (Å²) in [6, 6.07) is 12.3. The van der Waals surface area contributed by atoms with E-state index in [0.717, 1.165) is 5.56 Å². The number of amides is 2. The zero-order chi connectivity index (χ0) is 24.8. The number of aromatic nitrogens is 3. The first-order valence-corrected chi connectivity index (χ1v) is 11.9. The van der Waals surface area contributed by atoms with E-state index in [1.54, 1.807) is 28.7 Å². The van der Waals surface area contributed by atoms with Crippen molar-refractivity contribution >= 4 is 29.0 Å². The number of carbonyl (C=O) groups excluding carboxylic acids is 2. The van der Waals surface area contributed by atoms with Crippen molar-refractivity contribution in [2.45, 2.75) is 32.9 Å². The topological polar surface area (TPSA) is 110 Å². The van der Waals surface area contributed by atoms with Gasteiger partial charge in [0.1, 0.15) is 5.52 Å². The van der Waals surface area contributed by atoms with Crippen molar-refractivity contribution in [2.24, 2.45) is 0 Å². The fourth-order valence-corrected chi connectivity index (χ4v) is 4.25. The van der Waals surface area contributed by atoms with Gasteiger partial charge in [0.15, 0.2) is 11.5 Å². The van der Waals surface area contributed by atoms with Crippen LogP contribution in [0.2, 0.25) is 0 Å². The Labute approximate surface area is 203 Å². The minimum absolute atomic E-state index is 0.0508. The molecule has 2 amide bonds. The number of hydrogen-bond donors (Lipinski definition) is 1. The molecule has 1 fully saturated rings. The molecular weight excluding hydrogens is 448 g/mol. The molecule has 3 aromatic rings. The maximum absolute atomic E-state index is 13.1. The van der Waals surface area contributed by atoms with Gasteiger partial charge in [0.05, 0.1) is 19.1 Å². The summed E-state index contributed by atoms with van der Waals surface area (Å²) < 4.78 is 6.71. The van der Waals surface area contributed by atoms with Crippen LogP contribution in [0.25, 0.3) is 11.2 Å². The summed E-state index contributed by atoms with van der Waals surface area (Å²) in [4.78, 5) is 50.7. The first-order valence-electron chi connectivity index (χ1n) is 11.9. The third-order valence-corrected chi connectivity index (χ3v) is 6.04. The second-order valence-electron chi connectivity index (χ2n) is 8.23. The van der Waals surface area contributed by atoms with E-state index >= 15 is 0 Å². The van der Waals surface area contributed by atoms with E-state index in [0.29, 0.717) is 49.7 Å². The molecule has 4 rings (SSSR count). The smallest absolute Gasteiger partial charge is 0.318 e. The first kappa shape index (κ1) is 24.2. The molecule has 1 N–H and O–H groups in total. The number of rotatable bonds is 7. The molecule has 1 aliphatic heterocycles. The predicted octanol–water partition coefficient (Wildman–Crippen LogP) is 2.34. The Hall–Kier alpha value is -3.95. The molecule has 0 bridgehead atoms. The number of esters is 1. The van der Waals surface area contributed by atoms with Crippen LogP contribution in [0, 0.1) is 0 Å². The van der Waals surface area contributed by atoms with E-state index in [-0.39, 0.29) is 30.6 Å². The lowest BCUT2D eigenvalue weighted by Gasteiger charge is -2.36. The first-order chi connectivity index (χ1) is 17.0. The van der Waals surface area contributed by atoms with E-state index in [4.69, 9.17) is 4.74 Å². The number of hydrogen-bond acceptors (Lipinski definition) is 7. The van der Waals surface area contributed by atoms with Gasteiger partial charge in [-0.25, -0.2) is 14.8 Å². The second kappa shape index (κ2) is 11.0. The molecule has 3 heterocycles. The van der Waals surface area contributed by atoms with Crippen LogP contribution in [-0.4, -0.2) is 64.2 Å². The van der Waals surface area contributed by atoms with Gasteiger partial charge in [-0.3, -0.25) is 14.2 Å². The molecule has 10 heteroatoms. The SMILES string of the molecule is CCOC(=O)C[C@@H](NC(=O)N1CCN(c2nc3cccnc3n(CC)c2=O)CC1)c1ccccc1. The average Bonchev–Trinajstić information content (AvgIpc) is 2.88. The summed E-state index contributed by atoms with van der Waals surface area (Å²) in [6.45, 7) is 6.22. The molecule has 0 spiro atoms.